The van der Waals surface area contributed by atoms with E-state index >= 15 is 0 Å². The van der Waals surface area contributed by atoms with Gasteiger partial charge in [-0.1, -0.05) is 18.2 Å². The van der Waals surface area contributed by atoms with E-state index in [2.05, 4.69) is 10.3 Å². The van der Waals surface area contributed by atoms with E-state index in [1.807, 2.05) is 25.1 Å². The molecule has 1 aliphatic carbocycles. The van der Waals surface area contributed by atoms with E-state index in [4.69, 9.17) is 4.74 Å². The predicted molar refractivity (Wildman–Crippen MR) is 136 cm³/mol. The Kier molecular flexibility index (Phi) is 8.35. The van der Waals surface area contributed by atoms with Crippen LogP contribution in [-0.2, 0) is 25.5 Å². The van der Waals surface area contributed by atoms with Gasteiger partial charge in [-0.15, -0.1) is 11.3 Å². The number of nitrogens with one attached hydrogen (secondary N) is 1. The van der Waals surface area contributed by atoms with Crippen molar-refractivity contribution >= 4 is 40.2 Å². The molecule has 192 valence electrons. The molecule has 3 amide bonds. The van der Waals surface area contributed by atoms with Crippen molar-refractivity contribution in [2.24, 2.45) is 5.92 Å². The standard InChI is InChI=1S/C26H32N4O5S/c1-3-35-25(34)18-10-12-29(13-11-18)23(32)14-19-16-36-26(27-19)28-22(31)15-30(20-8-9-20)24(33)21-7-5-4-6-17(21)2/h4-7,16,18,20H,3,8-15H2,1-2H3,(H,27,28,31). The first kappa shape index (κ1) is 25.8. The Morgan fingerprint density at radius 2 is 1.86 bits per heavy atom. The molecule has 1 aromatic heterocycles. The van der Waals surface area contributed by atoms with Gasteiger partial charge in [0, 0.05) is 30.1 Å². The fraction of sp³-hybridized carbons (Fsp3) is 0.500. The summed E-state index contributed by atoms with van der Waals surface area (Å²) in [6.07, 6.45) is 3.12. The number of anilines is 1. The summed E-state index contributed by atoms with van der Waals surface area (Å²) in [6, 6.07) is 7.47. The average Bonchev–Trinajstić information content (AvgIpc) is 3.62. The first-order valence-electron chi connectivity index (χ1n) is 12.4. The third-order valence-corrected chi connectivity index (χ3v) is 7.34. The molecule has 2 aliphatic rings. The monoisotopic (exact) mass is 512 g/mol. The summed E-state index contributed by atoms with van der Waals surface area (Å²) in [5.74, 6) is -0.836. The maximum Gasteiger partial charge on any atom is 0.309 e. The maximum absolute atomic E-state index is 13.1. The van der Waals surface area contributed by atoms with E-state index in [-0.39, 0.29) is 48.6 Å². The van der Waals surface area contributed by atoms with Crippen LogP contribution in [0, 0.1) is 12.8 Å². The molecule has 36 heavy (non-hydrogen) atoms. The third-order valence-electron chi connectivity index (χ3n) is 6.54. The number of likely N-dealkylation sites (tertiary alicyclic amines) is 1. The van der Waals surface area contributed by atoms with Crippen LogP contribution in [0.2, 0.25) is 0 Å². The topological polar surface area (TPSA) is 109 Å². The number of aromatic nitrogens is 1. The van der Waals surface area contributed by atoms with Crippen LogP contribution in [0.4, 0.5) is 5.13 Å². The first-order chi connectivity index (χ1) is 17.4. The van der Waals surface area contributed by atoms with E-state index in [9.17, 15) is 19.2 Å². The Labute approximate surface area is 214 Å². The number of amides is 3. The van der Waals surface area contributed by atoms with Crippen LogP contribution in [0.1, 0.15) is 54.2 Å². The fourth-order valence-corrected chi connectivity index (χ4v) is 5.10. The number of hydrogen-bond donors (Lipinski definition) is 1. The van der Waals surface area contributed by atoms with Gasteiger partial charge in [0.25, 0.3) is 5.91 Å². The minimum absolute atomic E-state index is 0.0406. The Hall–Kier alpha value is -3.27. The lowest BCUT2D eigenvalue weighted by molar-refractivity contribution is -0.151. The van der Waals surface area contributed by atoms with Gasteiger partial charge in [-0.2, -0.15) is 0 Å². The number of carbonyl (C=O) groups excluding carboxylic acids is 4. The summed E-state index contributed by atoms with van der Waals surface area (Å²) < 4.78 is 5.08. The molecule has 1 saturated heterocycles. The van der Waals surface area contributed by atoms with Gasteiger partial charge in [-0.25, -0.2) is 4.98 Å². The molecule has 1 aliphatic heterocycles. The number of piperidine rings is 1. The Balaban J connectivity index is 1.28. The molecule has 2 heterocycles. The molecule has 4 rings (SSSR count). The minimum atomic E-state index is -0.308. The van der Waals surface area contributed by atoms with Gasteiger partial charge in [0.2, 0.25) is 11.8 Å². The number of thiazole rings is 1. The fourth-order valence-electron chi connectivity index (χ4n) is 4.37. The van der Waals surface area contributed by atoms with Gasteiger partial charge in [-0.05, 0) is 51.2 Å². The van der Waals surface area contributed by atoms with Gasteiger partial charge in [0.1, 0.15) is 6.54 Å². The zero-order chi connectivity index (χ0) is 25.7. The normalized spacial score (nSPS) is 15.9. The molecule has 0 unspecified atom stereocenters. The predicted octanol–water partition coefficient (Wildman–Crippen LogP) is 3.04. The van der Waals surface area contributed by atoms with Crippen LogP contribution in [0.25, 0.3) is 0 Å². The summed E-state index contributed by atoms with van der Waals surface area (Å²) in [5, 5.41) is 4.94. The highest BCUT2D eigenvalue weighted by molar-refractivity contribution is 7.13. The van der Waals surface area contributed by atoms with E-state index in [1.165, 1.54) is 11.3 Å². The molecular formula is C26H32N4O5S. The van der Waals surface area contributed by atoms with Crippen LogP contribution < -0.4 is 5.32 Å². The molecule has 0 atom stereocenters. The van der Waals surface area contributed by atoms with Crippen LogP contribution in [0.3, 0.4) is 0 Å². The van der Waals surface area contributed by atoms with E-state index in [0.29, 0.717) is 48.9 Å². The van der Waals surface area contributed by atoms with Crippen molar-refractivity contribution in [3.05, 3.63) is 46.5 Å². The lowest BCUT2D eigenvalue weighted by Gasteiger charge is -2.30. The second kappa shape index (κ2) is 11.6. The smallest absolute Gasteiger partial charge is 0.309 e. The van der Waals surface area contributed by atoms with Crippen LogP contribution >= 0.6 is 11.3 Å². The Morgan fingerprint density at radius 3 is 2.53 bits per heavy atom. The molecule has 0 spiro atoms. The zero-order valence-electron chi connectivity index (χ0n) is 20.7. The van der Waals surface area contributed by atoms with Gasteiger partial charge in [-0.3, -0.25) is 19.2 Å². The summed E-state index contributed by atoms with van der Waals surface area (Å²) in [7, 11) is 0. The quantitative estimate of drug-likeness (QED) is 0.518. The molecule has 9 nitrogen and oxygen atoms in total. The summed E-state index contributed by atoms with van der Waals surface area (Å²) >= 11 is 1.26. The molecule has 0 radical (unpaired) electrons. The number of benzene rings is 1. The number of aryl methyl sites for hydroxylation is 1. The number of nitrogens with zero attached hydrogens (tertiary/aromatic N) is 3. The summed E-state index contributed by atoms with van der Waals surface area (Å²) in [6.45, 7) is 5.03. The SMILES string of the molecule is CCOC(=O)C1CCN(C(=O)Cc2csc(NC(=O)CN(C(=O)c3ccccc3C)C3CC3)n2)CC1. The van der Waals surface area contributed by atoms with Crippen molar-refractivity contribution in [2.75, 3.05) is 31.6 Å². The molecule has 1 N–H and O–H groups in total. The van der Waals surface area contributed by atoms with Crippen molar-refractivity contribution in [3.8, 4) is 0 Å². The van der Waals surface area contributed by atoms with Crippen LogP contribution in [-0.4, -0.2) is 70.8 Å². The van der Waals surface area contributed by atoms with E-state index in [1.54, 1.807) is 28.2 Å². The maximum atomic E-state index is 13.1. The lowest BCUT2D eigenvalue weighted by atomic mass is 9.97. The number of esters is 1. The highest BCUT2D eigenvalue weighted by atomic mass is 32.1. The second-order valence-corrected chi connectivity index (χ2v) is 10.1. The van der Waals surface area contributed by atoms with E-state index < -0.39 is 0 Å². The molecule has 1 aromatic carbocycles. The van der Waals surface area contributed by atoms with Gasteiger partial charge < -0.3 is 19.9 Å². The van der Waals surface area contributed by atoms with Crippen molar-refractivity contribution in [3.63, 3.8) is 0 Å². The molecule has 2 fully saturated rings. The first-order valence-corrected chi connectivity index (χ1v) is 13.3. The highest BCUT2D eigenvalue weighted by Crippen LogP contribution is 2.29. The van der Waals surface area contributed by atoms with Gasteiger partial charge in [0.05, 0.1) is 24.6 Å². The van der Waals surface area contributed by atoms with Crippen molar-refractivity contribution in [2.45, 2.75) is 52.0 Å². The largest absolute Gasteiger partial charge is 0.466 e. The second-order valence-electron chi connectivity index (χ2n) is 9.26. The van der Waals surface area contributed by atoms with E-state index in [0.717, 1.165) is 18.4 Å². The highest BCUT2D eigenvalue weighted by Gasteiger charge is 2.35. The number of rotatable bonds is 9. The average molecular weight is 513 g/mol. The Morgan fingerprint density at radius 1 is 1.14 bits per heavy atom. The molecule has 2 aromatic rings. The van der Waals surface area contributed by atoms with Gasteiger partial charge >= 0.3 is 5.97 Å². The third kappa shape index (κ3) is 6.48. The number of hydrogen-bond acceptors (Lipinski definition) is 7. The van der Waals surface area contributed by atoms with Gasteiger partial charge in [0.15, 0.2) is 5.13 Å². The summed E-state index contributed by atoms with van der Waals surface area (Å²) in [5.41, 5.74) is 2.08. The number of carbonyl (C=O) groups is 4. The van der Waals surface area contributed by atoms with Crippen LogP contribution in [0.5, 0.6) is 0 Å². The molecule has 10 heteroatoms. The number of ether oxygens (including phenoxy) is 1. The van der Waals surface area contributed by atoms with Crippen LogP contribution in [0.15, 0.2) is 29.6 Å². The summed E-state index contributed by atoms with van der Waals surface area (Å²) in [4.78, 5) is 58.2. The minimum Gasteiger partial charge on any atom is -0.466 e. The molecule has 1 saturated carbocycles. The van der Waals surface area contributed by atoms with Crippen molar-refractivity contribution in [1.82, 2.24) is 14.8 Å². The van der Waals surface area contributed by atoms with Crippen molar-refractivity contribution in [1.29, 1.82) is 0 Å². The zero-order valence-corrected chi connectivity index (χ0v) is 21.5. The molecular weight excluding hydrogens is 480 g/mol. The molecule has 0 bridgehead atoms. The Bertz CT molecular complexity index is 1120. The van der Waals surface area contributed by atoms with Crippen molar-refractivity contribution < 1.29 is 23.9 Å². The lowest BCUT2D eigenvalue weighted by Crippen LogP contribution is -2.41.